The zero-order valence-electron chi connectivity index (χ0n) is 15.6. The normalized spacial score (nSPS) is 15.0. The van der Waals surface area contributed by atoms with Gasteiger partial charge in [0.25, 0.3) is 5.91 Å². The number of nitrogens with zero attached hydrogens (tertiary/aromatic N) is 1. The zero-order chi connectivity index (χ0) is 21.8. The SMILES string of the molecule is CCOc1cccc(/C=C2/SC(=S)N(c3ccc(Cl)c(Cl)c3)C2=O)c1OCC(=O)O. The van der Waals surface area contributed by atoms with E-state index in [0.717, 1.165) is 11.8 Å². The Labute approximate surface area is 192 Å². The van der Waals surface area contributed by atoms with Gasteiger partial charge < -0.3 is 14.6 Å². The predicted molar refractivity (Wildman–Crippen MR) is 123 cm³/mol. The monoisotopic (exact) mass is 483 g/mol. The highest BCUT2D eigenvalue weighted by Gasteiger charge is 2.34. The Balaban J connectivity index is 1.97. The third-order valence-electron chi connectivity index (χ3n) is 3.89. The third-order valence-corrected chi connectivity index (χ3v) is 5.93. The van der Waals surface area contributed by atoms with Crippen molar-refractivity contribution >= 4 is 75.1 Å². The quantitative estimate of drug-likeness (QED) is 0.424. The topological polar surface area (TPSA) is 76.1 Å². The number of aliphatic carboxylic acids is 1. The summed E-state index contributed by atoms with van der Waals surface area (Å²) < 4.78 is 11.3. The predicted octanol–water partition coefficient (Wildman–Crippen LogP) is 5.26. The Morgan fingerprint density at radius 2 is 2.00 bits per heavy atom. The summed E-state index contributed by atoms with van der Waals surface area (Å²) in [7, 11) is 0. The number of amides is 1. The molecule has 3 rings (SSSR count). The van der Waals surface area contributed by atoms with Crippen LogP contribution in [0.2, 0.25) is 10.0 Å². The minimum atomic E-state index is -1.13. The van der Waals surface area contributed by atoms with Crippen molar-refractivity contribution in [1.82, 2.24) is 0 Å². The van der Waals surface area contributed by atoms with E-state index < -0.39 is 12.6 Å². The summed E-state index contributed by atoms with van der Waals surface area (Å²) in [5.41, 5.74) is 0.998. The van der Waals surface area contributed by atoms with Crippen LogP contribution in [0.4, 0.5) is 5.69 Å². The molecule has 1 saturated heterocycles. The first kappa shape index (κ1) is 22.4. The second-order valence-electron chi connectivity index (χ2n) is 5.91. The molecule has 0 unspecified atom stereocenters. The Hall–Kier alpha value is -2.26. The molecule has 6 nitrogen and oxygen atoms in total. The number of anilines is 1. The average Bonchev–Trinajstić information content (AvgIpc) is 2.97. The summed E-state index contributed by atoms with van der Waals surface area (Å²) in [6.45, 7) is 1.62. The van der Waals surface area contributed by atoms with E-state index in [1.54, 1.807) is 49.4 Å². The maximum atomic E-state index is 13.0. The number of benzene rings is 2. The molecule has 1 aliphatic rings. The van der Waals surface area contributed by atoms with Crippen LogP contribution in [0.25, 0.3) is 6.08 Å². The fourth-order valence-electron chi connectivity index (χ4n) is 2.66. The van der Waals surface area contributed by atoms with Crippen LogP contribution in [0.1, 0.15) is 12.5 Å². The van der Waals surface area contributed by atoms with E-state index >= 15 is 0 Å². The number of thiocarbonyl (C=S) groups is 1. The first-order valence-electron chi connectivity index (χ1n) is 8.65. The number of para-hydroxylation sites is 1. The summed E-state index contributed by atoms with van der Waals surface area (Å²) >= 11 is 18.5. The van der Waals surface area contributed by atoms with Crippen LogP contribution in [-0.4, -0.2) is 34.5 Å². The van der Waals surface area contributed by atoms with E-state index in [4.69, 9.17) is 50.0 Å². The molecule has 10 heteroatoms. The van der Waals surface area contributed by atoms with Crippen molar-refractivity contribution in [3.63, 3.8) is 0 Å². The molecule has 0 aliphatic carbocycles. The Kier molecular flexibility index (Phi) is 7.25. The molecule has 1 heterocycles. The van der Waals surface area contributed by atoms with E-state index in [9.17, 15) is 9.59 Å². The molecular formula is C20H15Cl2NO5S2. The number of rotatable bonds is 7. The first-order valence-corrected chi connectivity index (χ1v) is 10.6. The lowest BCUT2D eigenvalue weighted by Crippen LogP contribution is -2.27. The summed E-state index contributed by atoms with van der Waals surface area (Å²) in [6.07, 6.45) is 1.59. The van der Waals surface area contributed by atoms with Crippen molar-refractivity contribution in [2.24, 2.45) is 0 Å². The van der Waals surface area contributed by atoms with Crippen molar-refractivity contribution < 1.29 is 24.2 Å². The Morgan fingerprint density at radius 1 is 1.23 bits per heavy atom. The summed E-state index contributed by atoms with van der Waals surface area (Å²) in [5.74, 6) is -0.846. The number of carbonyl (C=O) groups is 2. The van der Waals surface area contributed by atoms with Gasteiger partial charge in [-0.25, -0.2) is 4.79 Å². The van der Waals surface area contributed by atoms with Crippen molar-refractivity contribution in [2.75, 3.05) is 18.1 Å². The zero-order valence-corrected chi connectivity index (χ0v) is 18.7. The van der Waals surface area contributed by atoms with Crippen LogP contribution < -0.4 is 14.4 Å². The van der Waals surface area contributed by atoms with Gasteiger partial charge in [-0.05, 0) is 37.3 Å². The van der Waals surface area contributed by atoms with Gasteiger partial charge in [-0.3, -0.25) is 9.69 Å². The molecule has 0 spiro atoms. The van der Waals surface area contributed by atoms with Crippen LogP contribution >= 0.6 is 47.2 Å². The lowest BCUT2D eigenvalue weighted by molar-refractivity contribution is -0.139. The Morgan fingerprint density at radius 3 is 2.67 bits per heavy atom. The Bertz CT molecular complexity index is 1060. The van der Waals surface area contributed by atoms with Crippen LogP contribution in [0.15, 0.2) is 41.3 Å². The lowest BCUT2D eigenvalue weighted by Gasteiger charge is -2.15. The summed E-state index contributed by atoms with van der Waals surface area (Å²) in [5, 5.41) is 9.64. The highest BCUT2D eigenvalue weighted by Crippen LogP contribution is 2.40. The summed E-state index contributed by atoms with van der Waals surface area (Å²) in [6, 6.07) is 9.90. The van der Waals surface area contributed by atoms with Gasteiger partial charge >= 0.3 is 5.97 Å². The van der Waals surface area contributed by atoms with Crippen LogP contribution in [0.3, 0.4) is 0 Å². The molecule has 0 saturated carbocycles. The second-order valence-corrected chi connectivity index (χ2v) is 8.40. The van der Waals surface area contributed by atoms with Gasteiger partial charge in [0.1, 0.15) is 0 Å². The summed E-state index contributed by atoms with van der Waals surface area (Å²) in [4.78, 5) is 25.7. The molecule has 0 radical (unpaired) electrons. The van der Waals surface area contributed by atoms with E-state index in [-0.39, 0.29) is 11.7 Å². The van der Waals surface area contributed by atoms with Gasteiger partial charge in [0.15, 0.2) is 22.4 Å². The third kappa shape index (κ3) is 4.89. The molecule has 156 valence electrons. The minimum Gasteiger partial charge on any atom is -0.490 e. The van der Waals surface area contributed by atoms with Gasteiger partial charge in [0.05, 0.1) is 27.2 Å². The molecule has 1 amide bonds. The number of carboxylic acids is 1. The molecule has 30 heavy (non-hydrogen) atoms. The highest BCUT2D eigenvalue weighted by atomic mass is 35.5. The lowest BCUT2D eigenvalue weighted by atomic mass is 10.1. The second kappa shape index (κ2) is 9.70. The standard InChI is InChI=1S/C20H15Cl2NO5S2/c1-2-27-15-5-3-4-11(18(15)28-10-17(24)25)8-16-19(26)23(20(29)30-16)12-6-7-13(21)14(22)9-12/h3-9H,2,10H2,1H3,(H,24,25)/b16-8+. The van der Waals surface area contributed by atoms with Gasteiger partial charge in [0, 0.05) is 5.56 Å². The molecule has 0 atom stereocenters. The van der Waals surface area contributed by atoms with Gasteiger partial charge in [-0.15, -0.1) is 0 Å². The number of ether oxygens (including phenoxy) is 2. The maximum absolute atomic E-state index is 13.0. The van der Waals surface area contributed by atoms with E-state index in [1.165, 1.54) is 4.90 Å². The largest absolute Gasteiger partial charge is 0.490 e. The number of carboxylic acid groups (broad SMARTS) is 1. The van der Waals surface area contributed by atoms with Crippen LogP contribution in [0, 0.1) is 0 Å². The number of hydrogen-bond acceptors (Lipinski definition) is 6. The minimum absolute atomic E-state index is 0.238. The molecule has 0 aromatic heterocycles. The average molecular weight is 484 g/mol. The fraction of sp³-hybridized carbons (Fsp3) is 0.150. The molecule has 1 N–H and O–H groups in total. The van der Waals surface area contributed by atoms with Gasteiger partial charge in [-0.2, -0.15) is 0 Å². The molecule has 2 aromatic rings. The molecule has 2 aromatic carbocycles. The van der Waals surface area contributed by atoms with Crippen molar-refractivity contribution in [2.45, 2.75) is 6.92 Å². The van der Waals surface area contributed by atoms with E-state index in [1.807, 2.05) is 0 Å². The maximum Gasteiger partial charge on any atom is 0.341 e. The van der Waals surface area contributed by atoms with Crippen LogP contribution in [0.5, 0.6) is 11.5 Å². The number of carbonyl (C=O) groups excluding carboxylic acids is 1. The number of hydrogen-bond donors (Lipinski definition) is 1. The van der Waals surface area contributed by atoms with Crippen molar-refractivity contribution in [1.29, 1.82) is 0 Å². The fourth-order valence-corrected chi connectivity index (χ4v) is 4.24. The van der Waals surface area contributed by atoms with E-state index in [2.05, 4.69) is 0 Å². The first-order chi connectivity index (χ1) is 14.3. The smallest absolute Gasteiger partial charge is 0.341 e. The molecule has 1 aliphatic heterocycles. The number of halogens is 2. The van der Waals surface area contributed by atoms with Crippen molar-refractivity contribution in [3.05, 3.63) is 56.9 Å². The van der Waals surface area contributed by atoms with Crippen molar-refractivity contribution in [3.8, 4) is 11.5 Å². The molecule has 1 fully saturated rings. The van der Waals surface area contributed by atoms with Gasteiger partial charge in [0.2, 0.25) is 0 Å². The molecule has 0 bridgehead atoms. The van der Waals surface area contributed by atoms with E-state index in [0.29, 0.717) is 42.9 Å². The highest BCUT2D eigenvalue weighted by molar-refractivity contribution is 8.27. The van der Waals surface area contributed by atoms with Gasteiger partial charge in [-0.1, -0.05) is 59.3 Å². The number of thioether (sulfide) groups is 1. The van der Waals surface area contributed by atoms with Crippen LogP contribution in [-0.2, 0) is 9.59 Å². The molecular weight excluding hydrogens is 469 g/mol.